The van der Waals surface area contributed by atoms with Crippen LogP contribution in [-0.4, -0.2) is 23.4 Å². The van der Waals surface area contributed by atoms with Crippen LogP contribution < -0.4 is 15.2 Å². The number of benzene rings is 1. The highest BCUT2D eigenvalue weighted by Gasteiger charge is 2.16. The van der Waals surface area contributed by atoms with Gasteiger partial charge in [-0.25, -0.2) is 4.68 Å². The fourth-order valence-electron chi connectivity index (χ4n) is 2.04. The first-order valence-corrected chi connectivity index (χ1v) is 7.10. The molecule has 2 rings (SSSR count). The van der Waals surface area contributed by atoms with Gasteiger partial charge in [0.05, 0.1) is 17.3 Å². The molecule has 0 spiro atoms. The van der Waals surface area contributed by atoms with Crippen LogP contribution in [0.2, 0.25) is 0 Å². The molecule has 0 saturated heterocycles. The number of nitrogens with two attached hydrogens (primary N) is 1. The molecular formula is C14H18BrN3O2. The van der Waals surface area contributed by atoms with Gasteiger partial charge in [0, 0.05) is 12.6 Å². The first kappa shape index (κ1) is 14.9. The highest BCUT2D eigenvalue weighted by molar-refractivity contribution is 9.10. The van der Waals surface area contributed by atoms with Crippen molar-refractivity contribution in [2.24, 2.45) is 12.8 Å². The molecule has 0 bridgehead atoms. The molecule has 0 aliphatic rings. The van der Waals surface area contributed by atoms with Gasteiger partial charge in [-0.15, -0.1) is 0 Å². The standard InChI is InChI=1S/C14H18BrN3O2/c1-9-11(6-7-16)14(18(2)17-9)20-13-5-4-10(19-3)8-12(13)15/h4-5,8H,6-7,16H2,1-3H3. The Morgan fingerprint density at radius 3 is 2.75 bits per heavy atom. The molecule has 1 aromatic carbocycles. The first-order chi connectivity index (χ1) is 9.56. The highest BCUT2D eigenvalue weighted by Crippen LogP contribution is 2.34. The van der Waals surface area contributed by atoms with Crippen molar-refractivity contribution in [2.45, 2.75) is 13.3 Å². The van der Waals surface area contributed by atoms with Gasteiger partial charge < -0.3 is 15.2 Å². The minimum absolute atomic E-state index is 0.562. The van der Waals surface area contributed by atoms with Gasteiger partial charge in [-0.05, 0) is 54.0 Å². The zero-order valence-corrected chi connectivity index (χ0v) is 13.4. The second-order valence-electron chi connectivity index (χ2n) is 4.43. The van der Waals surface area contributed by atoms with Crippen LogP contribution in [0.3, 0.4) is 0 Å². The van der Waals surface area contributed by atoms with Crippen molar-refractivity contribution in [2.75, 3.05) is 13.7 Å². The Kier molecular flexibility index (Phi) is 4.67. The molecule has 0 radical (unpaired) electrons. The van der Waals surface area contributed by atoms with E-state index in [2.05, 4.69) is 21.0 Å². The summed E-state index contributed by atoms with van der Waals surface area (Å²) in [5.74, 6) is 2.21. The number of ether oxygens (including phenoxy) is 2. The third kappa shape index (κ3) is 2.96. The normalized spacial score (nSPS) is 10.7. The highest BCUT2D eigenvalue weighted by atomic mass is 79.9. The van der Waals surface area contributed by atoms with E-state index in [9.17, 15) is 0 Å². The SMILES string of the molecule is COc1ccc(Oc2c(CCN)c(C)nn2C)c(Br)c1. The van der Waals surface area contributed by atoms with E-state index in [1.807, 2.05) is 32.2 Å². The molecule has 1 heterocycles. The average Bonchev–Trinajstić information content (AvgIpc) is 2.68. The molecule has 0 aliphatic carbocycles. The molecule has 2 N–H and O–H groups in total. The van der Waals surface area contributed by atoms with Crippen LogP contribution in [0.5, 0.6) is 17.4 Å². The number of hydrogen-bond acceptors (Lipinski definition) is 4. The number of hydrogen-bond donors (Lipinski definition) is 1. The fourth-order valence-corrected chi connectivity index (χ4v) is 2.47. The Morgan fingerprint density at radius 1 is 1.40 bits per heavy atom. The van der Waals surface area contributed by atoms with Crippen molar-refractivity contribution in [1.82, 2.24) is 9.78 Å². The minimum atomic E-state index is 0.562. The molecule has 5 nitrogen and oxygen atoms in total. The van der Waals surface area contributed by atoms with Gasteiger partial charge in [-0.3, -0.25) is 0 Å². The van der Waals surface area contributed by atoms with Gasteiger partial charge in [0.1, 0.15) is 11.5 Å². The van der Waals surface area contributed by atoms with Gasteiger partial charge in [0.15, 0.2) is 0 Å². The van der Waals surface area contributed by atoms with E-state index in [0.29, 0.717) is 12.3 Å². The molecule has 6 heteroatoms. The first-order valence-electron chi connectivity index (χ1n) is 6.30. The van der Waals surface area contributed by atoms with E-state index in [-0.39, 0.29) is 0 Å². The Labute approximate surface area is 126 Å². The number of methoxy groups -OCH3 is 1. The Balaban J connectivity index is 2.34. The predicted molar refractivity (Wildman–Crippen MR) is 81.5 cm³/mol. The zero-order chi connectivity index (χ0) is 14.7. The second kappa shape index (κ2) is 6.28. The maximum Gasteiger partial charge on any atom is 0.221 e. The average molecular weight is 340 g/mol. The lowest BCUT2D eigenvalue weighted by molar-refractivity contribution is 0.406. The molecule has 0 atom stereocenters. The monoisotopic (exact) mass is 339 g/mol. The maximum atomic E-state index is 5.99. The minimum Gasteiger partial charge on any atom is -0.497 e. The summed E-state index contributed by atoms with van der Waals surface area (Å²) in [5, 5.41) is 4.39. The van der Waals surface area contributed by atoms with E-state index in [1.165, 1.54) is 0 Å². The predicted octanol–water partition coefficient (Wildman–Crippen LogP) is 2.79. The van der Waals surface area contributed by atoms with Gasteiger partial charge in [0.2, 0.25) is 5.88 Å². The summed E-state index contributed by atoms with van der Waals surface area (Å²) in [7, 11) is 3.49. The summed E-state index contributed by atoms with van der Waals surface area (Å²) < 4.78 is 13.7. The van der Waals surface area contributed by atoms with E-state index in [1.54, 1.807) is 11.8 Å². The van der Waals surface area contributed by atoms with Crippen LogP contribution >= 0.6 is 15.9 Å². The van der Waals surface area contributed by atoms with Crippen molar-refractivity contribution in [3.63, 3.8) is 0 Å². The third-order valence-corrected chi connectivity index (χ3v) is 3.65. The van der Waals surface area contributed by atoms with Crippen LogP contribution in [0.25, 0.3) is 0 Å². The summed E-state index contributed by atoms with van der Waals surface area (Å²) >= 11 is 3.48. The van der Waals surface area contributed by atoms with Crippen molar-refractivity contribution >= 4 is 15.9 Å². The number of nitrogens with zero attached hydrogens (tertiary/aromatic N) is 2. The molecule has 0 unspecified atom stereocenters. The number of halogens is 1. The Morgan fingerprint density at radius 2 is 2.15 bits per heavy atom. The lowest BCUT2D eigenvalue weighted by Crippen LogP contribution is -2.05. The molecule has 0 saturated carbocycles. The third-order valence-electron chi connectivity index (χ3n) is 3.03. The molecule has 2 aromatic rings. The van der Waals surface area contributed by atoms with Gasteiger partial charge in [0.25, 0.3) is 0 Å². The van der Waals surface area contributed by atoms with Gasteiger partial charge in [-0.1, -0.05) is 0 Å². The molecule has 108 valence electrons. The maximum absolute atomic E-state index is 5.99. The van der Waals surface area contributed by atoms with Crippen LogP contribution in [0, 0.1) is 6.92 Å². The van der Waals surface area contributed by atoms with Crippen molar-refractivity contribution in [3.8, 4) is 17.4 Å². The molecule has 0 fully saturated rings. The fraction of sp³-hybridized carbons (Fsp3) is 0.357. The smallest absolute Gasteiger partial charge is 0.221 e. The van der Waals surface area contributed by atoms with Gasteiger partial charge >= 0.3 is 0 Å². The zero-order valence-electron chi connectivity index (χ0n) is 11.8. The second-order valence-corrected chi connectivity index (χ2v) is 5.28. The molecule has 20 heavy (non-hydrogen) atoms. The summed E-state index contributed by atoms with van der Waals surface area (Å²) in [6.07, 6.45) is 0.739. The van der Waals surface area contributed by atoms with E-state index >= 15 is 0 Å². The number of aryl methyl sites for hydroxylation is 2. The van der Waals surface area contributed by atoms with Crippen LogP contribution in [-0.2, 0) is 13.5 Å². The number of aromatic nitrogens is 2. The molecular weight excluding hydrogens is 322 g/mol. The summed E-state index contributed by atoms with van der Waals surface area (Å²) in [5.41, 5.74) is 7.63. The Hall–Kier alpha value is -1.53. The molecule has 0 aliphatic heterocycles. The van der Waals surface area contributed by atoms with Gasteiger partial charge in [-0.2, -0.15) is 5.10 Å². The van der Waals surface area contributed by atoms with E-state index in [0.717, 1.165) is 33.8 Å². The summed E-state index contributed by atoms with van der Waals surface area (Å²) in [6, 6.07) is 5.57. The summed E-state index contributed by atoms with van der Waals surface area (Å²) in [4.78, 5) is 0. The Bertz CT molecular complexity index is 611. The van der Waals surface area contributed by atoms with E-state index < -0.39 is 0 Å². The topological polar surface area (TPSA) is 62.3 Å². The van der Waals surface area contributed by atoms with E-state index in [4.69, 9.17) is 15.2 Å². The van der Waals surface area contributed by atoms with Crippen LogP contribution in [0.15, 0.2) is 22.7 Å². The van der Waals surface area contributed by atoms with Crippen molar-refractivity contribution in [1.29, 1.82) is 0 Å². The largest absolute Gasteiger partial charge is 0.497 e. The molecule has 1 aromatic heterocycles. The quantitative estimate of drug-likeness (QED) is 0.909. The van der Waals surface area contributed by atoms with Crippen molar-refractivity contribution in [3.05, 3.63) is 33.9 Å². The molecule has 0 amide bonds. The van der Waals surface area contributed by atoms with Crippen LogP contribution in [0.4, 0.5) is 0 Å². The number of rotatable bonds is 5. The van der Waals surface area contributed by atoms with Crippen molar-refractivity contribution < 1.29 is 9.47 Å². The summed E-state index contributed by atoms with van der Waals surface area (Å²) in [6.45, 7) is 2.52. The van der Waals surface area contributed by atoms with Crippen LogP contribution in [0.1, 0.15) is 11.3 Å². The lowest BCUT2D eigenvalue weighted by Gasteiger charge is -2.11. The lowest BCUT2D eigenvalue weighted by atomic mass is 10.2.